The zero-order valence-corrected chi connectivity index (χ0v) is 44.5. The number of rotatable bonds is 51. The van der Waals surface area contributed by atoms with Gasteiger partial charge in [0.05, 0.1) is 25.4 Å². The van der Waals surface area contributed by atoms with Crippen molar-refractivity contribution in [1.82, 2.24) is 5.32 Å². The molecular weight excluding hydrogens is 855 g/mol. The Morgan fingerprint density at radius 1 is 0.500 bits per heavy atom. The lowest BCUT2D eigenvalue weighted by Gasteiger charge is -2.40. The van der Waals surface area contributed by atoms with Gasteiger partial charge in [-0.25, -0.2) is 0 Å². The highest BCUT2D eigenvalue weighted by molar-refractivity contribution is 5.80. The molecule has 0 aliphatic carbocycles. The second kappa shape index (κ2) is 48.2. The number of hydrogen-bond acceptors (Lipinski definition) is 9. The minimum absolute atomic E-state index is 0.301. The average molecular weight is 969 g/mol. The second-order valence-electron chi connectivity index (χ2n) is 20.9. The fraction of sp³-hybridized carbons (Fsp3) is 0.948. The summed E-state index contributed by atoms with van der Waals surface area (Å²) in [5.74, 6) is -0.610. The van der Waals surface area contributed by atoms with E-state index in [9.17, 15) is 35.4 Å². The standard InChI is InChI=1S/C58H113NO9/c1-3-5-7-9-11-13-15-17-19-20-21-22-23-24-25-26-27-28-29-30-31-32-33-35-37-39-41-43-45-47-52(62)57(66)59-50(49-67-58-56(65)55(64)54(63)53(48-60)68-58)51(61)46-44-42-40-38-36-34-18-16-14-12-10-8-6-4-2/h44,46,50-56,58,60-65H,3-43,45,47-49H2,1-2H3,(H,59,66)/b46-44+. The molecule has 7 N–H and O–H groups in total. The van der Waals surface area contributed by atoms with Crippen molar-refractivity contribution in [2.45, 2.75) is 339 Å². The number of hydrogen-bond donors (Lipinski definition) is 7. The number of unbranched alkanes of at least 4 members (excludes halogenated alkanes) is 40. The summed E-state index contributed by atoms with van der Waals surface area (Å²) in [7, 11) is 0. The number of aliphatic hydroxyl groups excluding tert-OH is 6. The molecule has 1 aliphatic rings. The zero-order valence-electron chi connectivity index (χ0n) is 44.5. The van der Waals surface area contributed by atoms with Crippen LogP contribution in [0.1, 0.15) is 290 Å². The lowest BCUT2D eigenvalue weighted by molar-refractivity contribution is -0.302. The van der Waals surface area contributed by atoms with Crippen LogP contribution in [0.3, 0.4) is 0 Å². The molecule has 1 aliphatic heterocycles. The van der Waals surface area contributed by atoms with Gasteiger partial charge in [0.25, 0.3) is 0 Å². The topological polar surface area (TPSA) is 169 Å². The minimum atomic E-state index is -1.61. The molecule has 1 fully saturated rings. The Bertz CT molecular complexity index is 1090. The summed E-state index contributed by atoms with van der Waals surface area (Å²) in [6.45, 7) is 3.64. The molecule has 0 aromatic rings. The van der Waals surface area contributed by atoms with Gasteiger partial charge in [0, 0.05) is 0 Å². The summed E-state index contributed by atoms with van der Waals surface area (Å²) in [5, 5.41) is 65.0. The van der Waals surface area contributed by atoms with Crippen LogP contribution in [0.25, 0.3) is 0 Å². The Morgan fingerprint density at radius 2 is 0.838 bits per heavy atom. The molecule has 1 heterocycles. The minimum Gasteiger partial charge on any atom is -0.394 e. The van der Waals surface area contributed by atoms with E-state index < -0.39 is 61.5 Å². The fourth-order valence-electron chi connectivity index (χ4n) is 9.70. The van der Waals surface area contributed by atoms with Gasteiger partial charge in [0.1, 0.15) is 30.5 Å². The van der Waals surface area contributed by atoms with E-state index in [0.717, 1.165) is 44.9 Å². The molecule has 10 heteroatoms. The number of carbonyl (C=O) groups excluding carboxylic acids is 1. The van der Waals surface area contributed by atoms with Crippen molar-refractivity contribution < 1.29 is 44.9 Å². The van der Waals surface area contributed by atoms with Gasteiger partial charge >= 0.3 is 0 Å². The highest BCUT2D eigenvalue weighted by Crippen LogP contribution is 2.23. The Hall–Kier alpha value is -1.11. The second-order valence-corrected chi connectivity index (χ2v) is 20.9. The van der Waals surface area contributed by atoms with Gasteiger partial charge in [0.2, 0.25) is 5.91 Å². The van der Waals surface area contributed by atoms with Crippen LogP contribution in [-0.2, 0) is 14.3 Å². The van der Waals surface area contributed by atoms with Crippen molar-refractivity contribution in [3.63, 3.8) is 0 Å². The van der Waals surface area contributed by atoms with E-state index in [4.69, 9.17) is 9.47 Å². The lowest BCUT2D eigenvalue weighted by atomic mass is 9.99. The van der Waals surface area contributed by atoms with E-state index >= 15 is 0 Å². The van der Waals surface area contributed by atoms with Crippen LogP contribution >= 0.6 is 0 Å². The normalized spacial score (nSPS) is 20.0. The summed E-state index contributed by atoms with van der Waals surface area (Å²) in [4.78, 5) is 13.1. The van der Waals surface area contributed by atoms with Crippen molar-refractivity contribution in [1.29, 1.82) is 0 Å². The molecule has 0 saturated carbocycles. The maximum absolute atomic E-state index is 13.1. The molecule has 68 heavy (non-hydrogen) atoms. The zero-order chi connectivity index (χ0) is 49.6. The molecule has 0 spiro atoms. The van der Waals surface area contributed by atoms with Gasteiger partial charge < -0.3 is 45.4 Å². The first-order chi connectivity index (χ1) is 33.3. The average Bonchev–Trinajstić information content (AvgIpc) is 3.34. The predicted molar refractivity (Wildman–Crippen MR) is 283 cm³/mol. The van der Waals surface area contributed by atoms with Crippen LogP contribution in [0.15, 0.2) is 12.2 Å². The van der Waals surface area contributed by atoms with Crippen molar-refractivity contribution in [2.75, 3.05) is 13.2 Å². The molecule has 1 saturated heterocycles. The van der Waals surface area contributed by atoms with Gasteiger partial charge in [0.15, 0.2) is 6.29 Å². The van der Waals surface area contributed by atoms with E-state index in [1.165, 1.54) is 225 Å². The fourth-order valence-corrected chi connectivity index (χ4v) is 9.70. The smallest absolute Gasteiger partial charge is 0.249 e. The van der Waals surface area contributed by atoms with Crippen LogP contribution in [0.5, 0.6) is 0 Å². The Balaban J connectivity index is 2.17. The number of allylic oxidation sites excluding steroid dienone is 1. The van der Waals surface area contributed by atoms with Gasteiger partial charge in [-0.3, -0.25) is 4.79 Å². The Kier molecular flexibility index (Phi) is 46.0. The third-order valence-corrected chi connectivity index (χ3v) is 14.5. The third-order valence-electron chi connectivity index (χ3n) is 14.5. The Labute approximate surface area is 419 Å². The molecule has 10 nitrogen and oxygen atoms in total. The molecule has 0 bridgehead atoms. The number of amides is 1. The number of nitrogens with one attached hydrogen (secondary N) is 1. The largest absolute Gasteiger partial charge is 0.394 e. The molecule has 1 amide bonds. The molecule has 1 rings (SSSR count). The molecule has 0 aromatic heterocycles. The van der Waals surface area contributed by atoms with Crippen LogP contribution in [0, 0.1) is 0 Å². The summed E-state index contributed by atoms with van der Waals surface area (Å²) >= 11 is 0. The van der Waals surface area contributed by atoms with Crippen molar-refractivity contribution >= 4 is 5.91 Å². The molecule has 404 valence electrons. The summed E-state index contributed by atoms with van der Waals surface area (Å²) < 4.78 is 11.2. The number of ether oxygens (including phenoxy) is 2. The SMILES string of the molecule is CCCCCCCCCCCCCC/C=C/C(O)C(COC1OC(CO)C(O)C(O)C1O)NC(=O)C(O)CCCCCCCCCCCCCCCCCCCCCCCCCCCCCCC. The van der Waals surface area contributed by atoms with Crippen LogP contribution < -0.4 is 5.32 Å². The summed E-state index contributed by atoms with van der Waals surface area (Å²) in [6, 6.07) is -0.976. The van der Waals surface area contributed by atoms with Gasteiger partial charge in [-0.15, -0.1) is 0 Å². The van der Waals surface area contributed by atoms with E-state index in [2.05, 4.69) is 19.2 Å². The Morgan fingerprint density at radius 3 is 1.19 bits per heavy atom. The van der Waals surface area contributed by atoms with Crippen molar-refractivity contribution in [3.05, 3.63) is 12.2 Å². The van der Waals surface area contributed by atoms with Gasteiger partial charge in [-0.2, -0.15) is 0 Å². The van der Waals surface area contributed by atoms with Gasteiger partial charge in [-0.1, -0.05) is 283 Å². The van der Waals surface area contributed by atoms with E-state index in [0.29, 0.717) is 6.42 Å². The highest BCUT2D eigenvalue weighted by Gasteiger charge is 2.44. The van der Waals surface area contributed by atoms with E-state index in [-0.39, 0.29) is 6.61 Å². The molecule has 8 unspecified atom stereocenters. The van der Waals surface area contributed by atoms with Crippen LogP contribution in [0.4, 0.5) is 0 Å². The van der Waals surface area contributed by atoms with E-state index in [1.807, 2.05) is 6.08 Å². The maximum Gasteiger partial charge on any atom is 0.249 e. The first-order valence-electron chi connectivity index (χ1n) is 29.5. The first-order valence-corrected chi connectivity index (χ1v) is 29.5. The van der Waals surface area contributed by atoms with Crippen LogP contribution in [0.2, 0.25) is 0 Å². The maximum atomic E-state index is 13.1. The van der Waals surface area contributed by atoms with Crippen molar-refractivity contribution in [2.24, 2.45) is 0 Å². The third kappa shape index (κ3) is 36.8. The highest BCUT2D eigenvalue weighted by atomic mass is 16.7. The molecule has 0 radical (unpaired) electrons. The quantitative estimate of drug-likeness (QED) is 0.0232. The van der Waals surface area contributed by atoms with Gasteiger partial charge in [-0.05, 0) is 19.3 Å². The number of carbonyl (C=O) groups is 1. The number of aliphatic hydroxyl groups is 6. The molecule has 0 aromatic carbocycles. The molecular formula is C58H113NO9. The van der Waals surface area contributed by atoms with E-state index in [1.54, 1.807) is 6.08 Å². The van der Waals surface area contributed by atoms with Crippen molar-refractivity contribution in [3.8, 4) is 0 Å². The summed E-state index contributed by atoms with van der Waals surface area (Å²) in [6.07, 6.45) is 49.0. The molecule has 8 atom stereocenters. The summed E-state index contributed by atoms with van der Waals surface area (Å²) in [5.41, 5.74) is 0. The lowest BCUT2D eigenvalue weighted by Crippen LogP contribution is -2.60. The van der Waals surface area contributed by atoms with Crippen LogP contribution in [-0.4, -0.2) is 98.7 Å². The first kappa shape index (κ1) is 64.9. The monoisotopic (exact) mass is 968 g/mol. The predicted octanol–water partition coefficient (Wildman–Crippen LogP) is 13.4.